The molecule has 110 valence electrons. The zero-order valence-electron chi connectivity index (χ0n) is 12.0. The maximum atomic E-state index is 13.5. The lowest BCUT2D eigenvalue weighted by Crippen LogP contribution is -2.48. The normalized spacial score (nSPS) is 25.5. The van der Waals surface area contributed by atoms with Crippen LogP contribution in [0.25, 0.3) is 0 Å². The molecule has 1 N–H and O–H groups in total. The summed E-state index contributed by atoms with van der Waals surface area (Å²) < 4.78 is 18.7. The summed E-state index contributed by atoms with van der Waals surface area (Å²) in [5.74, 6) is 0.0896. The zero-order valence-corrected chi connectivity index (χ0v) is 12.8. The highest BCUT2D eigenvalue weighted by Crippen LogP contribution is 2.38. The van der Waals surface area contributed by atoms with Gasteiger partial charge in [0.15, 0.2) is 0 Å². The van der Waals surface area contributed by atoms with Crippen molar-refractivity contribution < 1.29 is 13.9 Å². The number of rotatable bonds is 4. The van der Waals surface area contributed by atoms with Crippen molar-refractivity contribution in [3.05, 3.63) is 29.6 Å². The topological polar surface area (TPSA) is 38.3 Å². The SMILES string of the molecule is CCOC(=O)C1(Nc2cc(C)cc(F)c2)CSC(C)C1. The number of carbonyl (C=O) groups is 1. The minimum absolute atomic E-state index is 0.251. The maximum Gasteiger partial charge on any atom is 0.332 e. The molecule has 20 heavy (non-hydrogen) atoms. The van der Waals surface area contributed by atoms with Gasteiger partial charge >= 0.3 is 5.97 Å². The Labute approximate surface area is 123 Å². The van der Waals surface area contributed by atoms with Gasteiger partial charge in [-0.1, -0.05) is 6.92 Å². The van der Waals surface area contributed by atoms with Gasteiger partial charge in [-0.05, 0) is 44.0 Å². The molecule has 0 aliphatic carbocycles. The van der Waals surface area contributed by atoms with E-state index in [1.54, 1.807) is 18.7 Å². The molecular formula is C15H20FNO2S. The lowest BCUT2D eigenvalue weighted by atomic mass is 9.95. The summed E-state index contributed by atoms with van der Waals surface area (Å²) >= 11 is 1.73. The molecule has 0 saturated carbocycles. The highest BCUT2D eigenvalue weighted by molar-refractivity contribution is 8.00. The minimum atomic E-state index is -0.750. The Morgan fingerprint density at radius 2 is 2.30 bits per heavy atom. The molecule has 1 aliphatic rings. The van der Waals surface area contributed by atoms with Gasteiger partial charge < -0.3 is 10.1 Å². The number of nitrogens with one attached hydrogen (secondary N) is 1. The molecule has 1 aromatic rings. The van der Waals surface area contributed by atoms with Crippen molar-refractivity contribution in [1.29, 1.82) is 0 Å². The van der Waals surface area contributed by atoms with Gasteiger partial charge in [0.25, 0.3) is 0 Å². The molecule has 2 atom stereocenters. The number of benzene rings is 1. The number of ether oxygens (including phenoxy) is 1. The largest absolute Gasteiger partial charge is 0.464 e. The summed E-state index contributed by atoms with van der Waals surface area (Å²) in [5, 5.41) is 3.59. The smallest absolute Gasteiger partial charge is 0.332 e. The Hall–Kier alpha value is -1.23. The molecule has 0 aromatic heterocycles. The van der Waals surface area contributed by atoms with E-state index < -0.39 is 5.54 Å². The molecule has 0 amide bonds. The van der Waals surface area contributed by atoms with E-state index >= 15 is 0 Å². The molecule has 1 heterocycles. The van der Waals surface area contributed by atoms with E-state index in [4.69, 9.17) is 4.74 Å². The van der Waals surface area contributed by atoms with Crippen LogP contribution in [0.1, 0.15) is 25.8 Å². The molecule has 5 heteroatoms. The Morgan fingerprint density at radius 3 is 2.85 bits per heavy atom. The van der Waals surface area contributed by atoms with Crippen molar-refractivity contribution in [3.63, 3.8) is 0 Å². The van der Waals surface area contributed by atoms with E-state index in [1.807, 2.05) is 13.0 Å². The Bertz CT molecular complexity index is 488. The first-order chi connectivity index (χ1) is 9.45. The summed E-state index contributed by atoms with van der Waals surface area (Å²) in [6, 6.07) is 4.73. The fourth-order valence-corrected chi connectivity index (χ4v) is 3.81. The standard InChI is InChI=1S/C15H20FNO2S/c1-4-19-14(18)15(8-11(3)20-9-15)17-13-6-10(2)5-12(16)7-13/h5-7,11,17H,4,8-9H2,1-3H3. The molecule has 0 radical (unpaired) electrons. The second kappa shape index (κ2) is 6.04. The van der Waals surface area contributed by atoms with Crippen LogP contribution in [0.5, 0.6) is 0 Å². The third-order valence-electron chi connectivity index (χ3n) is 3.34. The molecule has 1 saturated heterocycles. The number of halogens is 1. The first kappa shape index (κ1) is 15.2. The van der Waals surface area contributed by atoms with E-state index in [-0.39, 0.29) is 11.8 Å². The number of anilines is 1. The van der Waals surface area contributed by atoms with Crippen LogP contribution in [-0.4, -0.2) is 29.1 Å². The Kier molecular flexibility index (Phi) is 4.58. The van der Waals surface area contributed by atoms with E-state index in [9.17, 15) is 9.18 Å². The molecular weight excluding hydrogens is 277 g/mol. The van der Waals surface area contributed by atoms with Gasteiger partial charge in [-0.25, -0.2) is 9.18 Å². The van der Waals surface area contributed by atoms with Crippen LogP contribution in [0.15, 0.2) is 18.2 Å². The van der Waals surface area contributed by atoms with Crippen molar-refractivity contribution in [3.8, 4) is 0 Å². The molecule has 0 spiro atoms. The molecule has 0 bridgehead atoms. The minimum Gasteiger partial charge on any atom is -0.464 e. The summed E-state index contributed by atoms with van der Waals surface area (Å²) in [6.07, 6.45) is 0.687. The van der Waals surface area contributed by atoms with Gasteiger partial charge in [0.1, 0.15) is 11.4 Å². The molecule has 1 aromatic carbocycles. The van der Waals surface area contributed by atoms with Crippen LogP contribution >= 0.6 is 11.8 Å². The van der Waals surface area contributed by atoms with Crippen molar-refractivity contribution in [2.24, 2.45) is 0 Å². The van der Waals surface area contributed by atoms with Gasteiger partial charge in [0, 0.05) is 16.7 Å². The lowest BCUT2D eigenvalue weighted by molar-refractivity contribution is -0.147. The highest BCUT2D eigenvalue weighted by Gasteiger charge is 2.46. The number of thioether (sulfide) groups is 1. The second-order valence-corrected chi connectivity index (χ2v) is 6.70. The molecule has 1 fully saturated rings. The van der Waals surface area contributed by atoms with Crippen LogP contribution in [-0.2, 0) is 9.53 Å². The number of hydrogen-bond acceptors (Lipinski definition) is 4. The summed E-state index contributed by atoms with van der Waals surface area (Å²) in [6.45, 7) is 6.06. The van der Waals surface area contributed by atoms with Crippen LogP contribution in [0.3, 0.4) is 0 Å². The summed E-state index contributed by atoms with van der Waals surface area (Å²) in [7, 11) is 0. The average molecular weight is 297 g/mol. The first-order valence-corrected chi connectivity index (χ1v) is 7.84. The first-order valence-electron chi connectivity index (χ1n) is 6.79. The Morgan fingerprint density at radius 1 is 1.55 bits per heavy atom. The maximum absolute atomic E-state index is 13.5. The van der Waals surface area contributed by atoms with Crippen molar-refractivity contribution in [2.45, 2.75) is 38.0 Å². The van der Waals surface area contributed by atoms with E-state index in [0.29, 0.717) is 29.7 Å². The third kappa shape index (κ3) is 3.26. The van der Waals surface area contributed by atoms with E-state index in [0.717, 1.165) is 5.56 Å². The summed E-state index contributed by atoms with van der Waals surface area (Å²) in [5.41, 5.74) is 0.704. The van der Waals surface area contributed by atoms with Crippen molar-refractivity contribution >= 4 is 23.4 Å². The van der Waals surface area contributed by atoms with E-state index in [2.05, 4.69) is 12.2 Å². The van der Waals surface area contributed by atoms with Crippen molar-refractivity contribution in [1.82, 2.24) is 0 Å². The van der Waals surface area contributed by atoms with Crippen LogP contribution < -0.4 is 5.32 Å². The third-order valence-corrected chi connectivity index (χ3v) is 4.74. The van der Waals surface area contributed by atoms with Gasteiger partial charge in [0.2, 0.25) is 0 Å². The predicted octanol–water partition coefficient (Wildman–Crippen LogP) is 3.37. The number of hydrogen-bond donors (Lipinski definition) is 1. The molecule has 1 aliphatic heterocycles. The fourth-order valence-electron chi connectivity index (χ4n) is 2.53. The molecule has 2 rings (SSSR count). The quantitative estimate of drug-likeness (QED) is 0.865. The predicted molar refractivity (Wildman–Crippen MR) is 80.7 cm³/mol. The van der Waals surface area contributed by atoms with Crippen LogP contribution in [0.4, 0.5) is 10.1 Å². The van der Waals surface area contributed by atoms with Gasteiger partial charge in [-0.3, -0.25) is 0 Å². The fraction of sp³-hybridized carbons (Fsp3) is 0.533. The number of esters is 1. The van der Waals surface area contributed by atoms with Crippen LogP contribution in [0, 0.1) is 12.7 Å². The van der Waals surface area contributed by atoms with Gasteiger partial charge in [-0.15, -0.1) is 0 Å². The van der Waals surface area contributed by atoms with Gasteiger partial charge in [0.05, 0.1) is 6.61 Å². The monoisotopic (exact) mass is 297 g/mol. The lowest BCUT2D eigenvalue weighted by Gasteiger charge is -2.28. The number of aryl methyl sites for hydroxylation is 1. The van der Waals surface area contributed by atoms with Crippen molar-refractivity contribution in [2.75, 3.05) is 17.7 Å². The number of carbonyl (C=O) groups excluding carboxylic acids is 1. The molecule has 3 nitrogen and oxygen atoms in total. The van der Waals surface area contributed by atoms with E-state index in [1.165, 1.54) is 12.1 Å². The Balaban J connectivity index is 2.26. The molecule has 2 unspecified atom stereocenters. The average Bonchev–Trinajstić information content (AvgIpc) is 2.71. The summed E-state index contributed by atoms with van der Waals surface area (Å²) in [4.78, 5) is 12.3. The van der Waals surface area contributed by atoms with Crippen LogP contribution in [0.2, 0.25) is 0 Å². The zero-order chi connectivity index (χ0) is 14.8. The second-order valence-electron chi connectivity index (χ2n) is 5.27. The van der Waals surface area contributed by atoms with Gasteiger partial charge in [-0.2, -0.15) is 11.8 Å². The highest BCUT2D eigenvalue weighted by atomic mass is 32.2.